The highest BCUT2D eigenvalue weighted by Gasteiger charge is 2.69. The molecule has 5 aliphatic rings. The zero-order chi connectivity index (χ0) is 33.7. The molecule has 0 spiro atoms. The van der Waals surface area contributed by atoms with Crippen molar-refractivity contribution in [3.63, 3.8) is 0 Å². The SMILES string of the molecule is Cn1cc2c3c(cccc31)C1CC(C(=O)NCC3(C)OC4(O)C5CCCN5C(=O)C(Cc5ccccc5)N4C3=O)CN(C(F)(F)F)C1C2. The van der Waals surface area contributed by atoms with Crippen LogP contribution in [-0.4, -0.2) is 97.7 Å². The molecule has 10 nitrogen and oxygen atoms in total. The molecule has 3 amide bonds. The number of rotatable bonds is 5. The number of hydrogen-bond acceptors (Lipinski definition) is 6. The molecule has 0 bridgehead atoms. The van der Waals surface area contributed by atoms with Crippen molar-refractivity contribution in [3.05, 3.63) is 71.4 Å². The maximum Gasteiger partial charge on any atom is 0.460 e. The van der Waals surface area contributed by atoms with Gasteiger partial charge in [0.2, 0.25) is 11.8 Å². The summed E-state index contributed by atoms with van der Waals surface area (Å²) in [6.07, 6.45) is -1.10. The van der Waals surface area contributed by atoms with Gasteiger partial charge in [-0.1, -0.05) is 42.5 Å². The van der Waals surface area contributed by atoms with Crippen LogP contribution in [0.4, 0.5) is 13.2 Å². The molecular weight excluding hydrogens is 627 g/mol. The number of ether oxygens (including phenoxy) is 1. The molecule has 2 N–H and O–H groups in total. The van der Waals surface area contributed by atoms with Gasteiger partial charge in [-0.05, 0) is 55.4 Å². The summed E-state index contributed by atoms with van der Waals surface area (Å²) in [6.45, 7) is 0.985. The molecule has 2 aromatic carbocycles. The summed E-state index contributed by atoms with van der Waals surface area (Å²) in [5.41, 5.74) is 1.66. The number of carbonyl (C=O) groups is 3. The van der Waals surface area contributed by atoms with Crippen LogP contribution in [0.15, 0.2) is 54.7 Å². The fraction of sp³-hybridized carbons (Fsp3) is 0.514. The molecular formula is C35H38F3N5O5. The predicted molar refractivity (Wildman–Crippen MR) is 167 cm³/mol. The Hall–Kier alpha value is -3.94. The highest BCUT2D eigenvalue weighted by atomic mass is 19.4. The van der Waals surface area contributed by atoms with Crippen LogP contribution in [0.3, 0.4) is 0 Å². The molecule has 4 saturated heterocycles. The molecule has 7 atom stereocenters. The summed E-state index contributed by atoms with van der Waals surface area (Å²) in [4.78, 5) is 44.8. The third-order valence-electron chi connectivity index (χ3n) is 11.3. The Labute approximate surface area is 275 Å². The highest BCUT2D eigenvalue weighted by molar-refractivity contribution is 5.96. The van der Waals surface area contributed by atoms with Crippen molar-refractivity contribution in [2.45, 2.75) is 80.9 Å². The number of piperidine rings is 1. The van der Waals surface area contributed by atoms with Gasteiger partial charge in [0.05, 0.1) is 12.5 Å². The Morgan fingerprint density at radius 3 is 2.65 bits per heavy atom. The van der Waals surface area contributed by atoms with Crippen LogP contribution in [0.2, 0.25) is 0 Å². The van der Waals surface area contributed by atoms with E-state index in [2.05, 4.69) is 5.32 Å². The standard InChI is InChI=1S/C35H38F3N5O5/c1-33(32(46)43-27(14-20-8-4-3-5-9-20)31(45)41-13-7-12-28(41)34(43,47)48-33)19-39-30(44)22-15-24-23-10-6-11-25-29(23)21(17-40(25)2)16-26(24)42(18-22)35(36,37)38/h3-6,8-11,17,22,24,26-28,47H,7,12-16,18-19H2,1-2H3,(H,39,44). The van der Waals surface area contributed by atoms with E-state index in [4.69, 9.17) is 4.74 Å². The van der Waals surface area contributed by atoms with E-state index in [1.807, 2.05) is 66.3 Å². The number of aromatic nitrogens is 1. The lowest BCUT2D eigenvalue weighted by atomic mass is 9.72. The van der Waals surface area contributed by atoms with E-state index in [-0.39, 0.29) is 31.7 Å². The molecule has 48 heavy (non-hydrogen) atoms. The minimum absolute atomic E-state index is 0.163. The number of piperazine rings is 1. The molecule has 5 heterocycles. The number of alkyl halides is 3. The van der Waals surface area contributed by atoms with E-state index < -0.39 is 66.1 Å². The van der Waals surface area contributed by atoms with Gasteiger partial charge in [0.1, 0.15) is 12.1 Å². The van der Waals surface area contributed by atoms with Gasteiger partial charge in [-0.2, -0.15) is 13.2 Å². The zero-order valence-corrected chi connectivity index (χ0v) is 26.7. The molecule has 3 aromatic rings. The number of halogens is 3. The molecule has 4 aliphatic heterocycles. The molecule has 0 radical (unpaired) electrons. The number of benzene rings is 2. The van der Waals surface area contributed by atoms with Crippen LogP contribution in [0.5, 0.6) is 0 Å². The van der Waals surface area contributed by atoms with E-state index in [1.165, 1.54) is 6.92 Å². The number of amides is 3. The number of aryl methyl sites for hydroxylation is 1. The average Bonchev–Trinajstić information content (AvgIpc) is 3.73. The topological polar surface area (TPSA) is 107 Å². The molecule has 1 aromatic heterocycles. The van der Waals surface area contributed by atoms with Crippen molar-refractivity contribution in [3.8, 4) is 0 Å². The second kappa shape index (κ2) is 10.8. The van der Waals surface area contributed by atoms with Crippen molar-refractivity contribution in [1.82, 2.24) is 24.6 Å². The first kappa shape index (κ1) is 31.3. The fourth-order valence-electron chi connectivity index (χ4n) is 9.12. The summed E-state index contributed by atoms with van der Waals surface area (Å²) < 4.78 is 51.8. The van der Waals surface area contributed by atoms with Gasteiger partial charge in [0.25, 0.3) is 11.8 Å². The Balaban J connectivity index is 1.05. The predicted octanol–water partition coefficient (Wildman–Crippen LogP) is 3.02. The number of aliphatic hydroxyl groups is 1. The maximum atomic E-state index is 14.6. The molecule has 13 heteroatoms. The van der Waals surface area contributed by atoms with Crippen molar-refractivity contribution >= 4 is 28.6 Å². The lowest BCUT2D eigenvalue weighted by Crippen LogP contribution is -2.71. The molecule has 1 aliphatic carbocycles. The zero-order valence-electron chi connectivity index (χ0n) is 26.7. The Morgan fingerprint density at radius 1 is 1.12 bits per heavy atom. The van der Waals surface area contributed by atoms with Gasteiger partial charge < -0.3 is 24.6 Å². The van der Waals surface area contributed by atoms with Crippen LogP contribution < -0.4 is 5.32 Å². The monoisotopic (exact) mass is 665 g/mol. The Kier molecular flexibility index (Phi) is 7.04. The number of nitrogens with zero attached hydrogens (tertiary/aromatic N) is 4. The molecule has 254 valence electrons. The number of likely N-dealkylation sites (tertiary alicyclic amines) is 1. The molecule has 7 unspecified atom stereocenters. The van der Waals surface area contributed by atoms with Crippen LogP contribution >= 0.6 is 0 Å². The van der Waals surface area contributed by atoms with Gasteiger partial charge in [-0.15, -0.1) is 0 Å². The van der Waals surface area contributed by atoms with Gasteiger partial charge in [0.15, 0.2) is 5.60 Å². The van der Waals surface area contributed by atoms with Crippen LogP contribution in [0.25, 0.3) is 10.9 Å². The van der Waals surface area contributed by atoms with Crippen molar-refractivity contribution in [2.24, 2.45) is 13.0 Å². The van der Waals surface area contributed by atoms with E-state index in [0.29, 0.717) is 24.3 Å². The quantitative estimate of drug-likeness (QED) is 0.406. The van der Waals surface area contributed by atoms with E-state index in [1.54, 1.807) is 4.90 Å². The number of carbonyl (C=O) groups excluding carboxylic acids is 3. The number of fused-ring (bicyclic) bond motifs is 5. The summed E-state index contributed by atoms with van der Waals surface area (Å²) >= 11 is 0. The first-order chi connectivity index (χ1) is 22.8. The lowest BCUT2D eigenvalue weighted by Gasteiger charge is -2.49. The van der Waals surface area contributed by atoms with Gasteiger partial charge in [0, 0.05) is 55.6 Å². The Bertz CT molecular complexity index is 1810. The second-order valence-electron chi connectivity index (χ2n) is 14.2. The van der Waals surface area contributed by atoms with Crippen molar-refractivity contribution in [1.29, 1.82) is 0 Å². The largest absolute Gasteiger partial charge is 0.460 e. The number of hydrogen-bond donors (Lipinski definition) is 2. The fourth-order valence-corrected chi connectivity index (χ4v) is 9.12. The summed E-state index contributed by atoms with van der Waals surface area (Å²) in [5, 5.41) is 15.7. The summed E-state index contributed by atoms with van der Waals surface area (Å²) in [5.74, 6) is -5.20. The molecule has 8 rings (SSSR count). The first-order valence-corrected chi connectivity index (χ1v) is 16.6. The Morgan fingerprint density at radius 2 is 1.90 bits per heavy atom. The number of nitrogens with one attached hydrogen (secondary N) is 1. The highest BCUT2D eigenvalue weighted by Crippen LogP contribution is 2.49. The van der Waals surface area contributed by atoms with Crippen molar-refractivity contribution < 1.29 is 37.4 Å². The summed E-state index contributed by atoms with van der Waals surface area (Å²) in [6, 6.07) is 12.2. The summed E-state index contributed by atoms with van der Waals surface area (Å²) in [7, 11) is 1.88. The maximum absolute atomic E-state index is 14.6. The van der Waals surface area contributed by atoms with Crippen LogP contribution in [-0.2, 0) is 39.0 Å². The third-order valence-corrected chi connectivity index (χ3v) is 11.3. The minimum atomic E-state index is -4.65. The van der Waals surface area contributed by atoms with Gasteiger partial charge in [-0.3, -0.25) is 19.3 Å². The van der Waals surface area contributed by atoms with E-state index in [9.17, 15) is 32.7 Å². The van der Waals surface area contributed by atoms with Gasteiger partial charge >= 0.3 is 6.30 Å². The van der Waals surface area contributed by atoms with Crippen LogP contribution in [0.1, 0.15) is 48.8 Å². The first-order valence-electron chi connectivity index (χ1n) is 16.6. The molecule has 0 saturated carbocycles. The molecule has 4 fully saturated rings. The second-order valence-corrected chi connectivity index (χ2v) is 14.2. The van der Waals surface area contributed by atoms with E-state index in [0.717, 1.165) is 32.5 Å². The smallest absolute Gasteiger partial charge is 0.352 e. The lowest BCUT2D eigenvalue weighted by molar-refractivity contribution is -0.312. The minimum Gasteiger partial charge on any atom is -0.352 e. The van der Waals surface area contributed by atoms with Gasteiger partial charge in [-0.25, -0.2) is 4.90 Å². The normalized spacial score (nSPS) is 33.2. The third kappa shape index (κ3) is 4.61. The van der Waals surface area contributed by atoms with Crippen molar-refractivity contribution in [2.75, 3.05) is 19.6 Å². The van der Waals surface area contributed by atoms with Crippen LogP contribution in [0, 0.1) is 5.92 Å². The van der Waals surface area contributed by atoms with E-state index >= 15 is 0 Å². The average molecular weight is 666 g/mol.